The van der Waals surface area contributed by atoms with Crippen molar-refractivity contribution in [3.63, 3.8) is 0 Å². The van der Waals surface area contributed by atoms with E-state index in [4.69, 9.17) is 9.47 Å². The first-order valence-corrected chi connectivity index (χ1v) is 9.99. The summed E-state index contributed by atoms with van der Waals surface area (Å²) in [6.45, 7) is 4.85. The zero-order valence-electron chi connectivity index (χ0n) is 16.7. The Hall–Kier alpha value is -2.37. The van der Waals surface area contributed by atoms with Gasteiger partial charge in [0.1, 0.15) is 0 Å². The van der Waals surface area contributed by atoms with Crippen molar-refractivity contribution in [3.8, 4) is 11.5 Å². The molecule has 0 amide bonds. The smallest absolute Gasteiger partial charge is 0.180 e. The van der Waals surface area contributed by atoms with E-state index in [0.717, 1.165) is 56.7 Å². The highest BCUT2D eigenvalue weighted by Crippen LogP contribution is 2.35. The third-order valence-electron chi connectivity index (χ3n) is 5.96. The lowest BCUT2D eigenvalue weighted by Gasteiger charge is -2.40. The van der Waals surface area contributed by atoms with Gasteiger partial charge >= 0.3 is 0 Å². The minimum atomic E-state index is -0.0236. The molecule has 1 unspecified atom stereocenters. The fourth-order valence-corrected chi connectivity index (χ4v) is 4.38. The van der Waals surface area contributed by atoms with E-state index in [2.05, 4.69) is 40.1 Å². The minimum absolute atomic E-state index is 0.0236. The summed E-state index contributed by atoms with van der Waals surface area (Å²) >= 11 is 0. The molecule has 2 aromatic rings. The lowest BCUT2D eigenvalue weighted by molar-refractivity contribution is 0.0616. The Morgan fingerprint density at radius 1 is 0.964 bits per heavy atom. The zero-order chi connectivity index (χ0) is 19.5. The topological polar surface area (TPSA) is 42.0 Å². The highest BCUT2D eigenvalue weighted by Gasteiger charge is 2.34. The molecule has 5 nitrogen and oxygen atoms in total. The molecule has 1 atom stereocenters. The second-order valence-electron chi connectivity index (χ2n) is 7.58. The molecule has 1 saturated heterocycles. The van der Waals surface area contributed by atoms with E-state index in [9.17, 15) is 4.79 Å². The first kappa shape index (κ1) is 19.0. The molecule has 148 valence electrons. The van der Waals surface area contributed by atoms with E-state index in [1.807, 2.05) is 12.1 Å². The minimum Gasteiger partial charge on any atom is -0.493 e. The summed E-state index contributed by atoms with van der Waals surface area (Å²) in [7, 11) is 3.24. The van der Waals surface area contributed by atoms with Crippen molar-refractivity contribution in [2.75, 3.05) is 40.4 Å². The first-order chi connectivity index (χ1) is 13.7. The van der Waals surface area contributed by atoms with Crippen molar-refractivity contribution in [1.82, 2.24) is 9.80 Å². The number of aryl methyl sites for hydroxylation is 1. The summed E-state index contributed by atoms with van der Waals surface area (Å²) in [4.78, 5) is 18.0. The number of benzene rings is 2. The van der Waals surface area contributed by atoms with E-state index >= 15 is 0 Å². The molecular weight excluding hydrogens is 352 g/mol. The van der Waals surface area contributed by atoms with E-state index in [0.29, 0.717) is 11.5 Å². The highest BCUT2D eigenvalue weighted by molar-refractivity contribution is 6.03. The van der Waals surface area contributed by atoms with Gasteiger partial charge in [-0.2, -0.15) is 0 Å². The number of carbonyl (C=O) groups is 1. The molecule has 5 heteroatoms. The number of rotatable bonds is 5. The fraction of sp³-hybridized carbons (Fsp3) is 0.435. The number of carbonyl (C=O) groups excluding carboxylic acids is 1. The van der Waals surface area contributed by atoms with E-state index in [-0.39, 0.29) is 11.8 Å². The Bertz CT molecular complexity index is 829. The molecule has 1 aliphatic heterocycles. The highest BCUT2D eigenvalue weighted by atomic mass is 16.5. The third kappa shape index (κ3) is 3.77. The van der Waals surface area contributed by atoms with Crippen LogP contribution in [0.5, 0.6) is 11.5 Å². The van der Waals surface area contributed by atoms with Crippen LogP contribution in [0.1, 0.15) is 27.9 Å². The van der Waals surface area contributed by atoms with Crippen molar-refractivity contribution in [2.45, 2.75) is 25.4 Å². The Kier molecular flexibility index (Phi) is 5.64. The Labute approximate surface area is 166 Å². The molecule has 1 aliphatic carbocycles. The molecule has 2 aliphatic rings. The maximum absolute atomic E-state index is 13.2. The van der Waals surface area contributed by atoms with Crippen LogP contribution in [0.2, 0.25) is 0 Å². The van der Waals surface area contributed by atoms with Crippen molar-refractivity contribution in [2.24, 2.45) is 0 Å². The lowest BCUT2D eigenvalue weighted by atomic mass is 9.85. The Balaban J connectivity index is 1.42. The molecular formula is C23H28N2O3. The molecule has 0 saturated carbocycles. The van der Waals surface area contributed by atoms with Gasteiger partial charge in [0.2, 0.25) is 0 Å². The summed E-state index contributed by atoms with van der Waals surface area (Å²) in [5, 5.41) is 0. The fourth-order valence-electron chi connectivity index (χ4n) is 4.38. The van der Waals surface area contributed by atoms with Crippen molar-refractivity contribution >= 4 is 5.78 Å². The van der Waals surface area contributed by atoms with E-state index < -0.39 is 0 Å². The SMILES string of the molecule is COc1cc2c(cc1OC)C(=O)C(N1CCN(Cc3ccccc3)CC1)CC2. The number of Topliss-reactive ketones (excluding diaryl/α,β-unsaturated/α-hetero) is 1. The zero-order valence-corrected chi connectivity index (χ0v) is 16.7. The van der Waals surface area contributed by atoms with Crippen molar-refractivity contribution < 1.29 is 14.3 Å². The second kappa shape index (κ2) is 8.33. The summed E-state index contributed by atoms with van der Waals surface area (Å²) in [6, 6.07) is 14.4. The van der Waals surface area contributed by atoms with Crippen LogP contribution in [0.4, 0.5) is 0 Å². The number of piperazine rings is 1. The maximum atomic E-state index is 13.2. The van der Waals surface area contributed by atoms with Gasteiger partial charge in [0.25, 0.3) is 0 Å². The predicted molar refractivity (Wildman–Crippen MR) is 109 cm³/mol. The number of fused-ring (bicyclic) bond motifs is 1. The molecule has 0 aromatic heterocycles. The van der Waals surface area contributed by atoms with Crippen molar-refractivity contribution in [3.05, 3.63) is 59.2 Å². The van der Waals surface area contributed by atoms with Crippen LogP contribution in [-0.2, 0) is 13.0 Å². The summed E-state index contributed by atoms with van der Waals surface area (Å²) in [5.74, 6) is 1.55. The molecule has 0 bridgehead atoms. The van der Waals surface area contributed by atoms with Crippen LogP contribution < -0.4 is 9.47 Å². The molecule has 1 heterocycles. The molecule has 28 heavy (non-hydrogen) atoms. The van der Waals surface area contributed by atoms with Gasteiger partial charge in [-0.3, -0.25) is 14.6 Å². The second-order valence-corrected chi connectivity index (χ2v) is 7.58. The van der Waals surface area contributed by atoms with E-state index in [1.165, 1.54) is 5.56 Å². The van der Waals surface area contributed by atoms with Crippen LogP contribution in [0.3, 0.4) is 0 Å². The van der Waals surface area contributed by atoms with Crippen molar-refractivity contribution in [1.29, 1.82) is 0 Å². The lowest BCUT2D eigenvalue weighted by Crippen LogP contribution is -2.53. The molecule has 4 rings (SSSR count). The van der Waals surface area contributed by atoms with Crippen LogP contribution in [0, 0.1) is 0 Å². The van der Waals surface area contributed by atoms with Crippen LogP contribution in [0.25, 0.3) is 0 Å². The van der Waals surface area contributed by atoms with Crippen LogP contribution >= 0.6 is 0 Å². The molecule has 0 N–H and O–H groups in total. The Morgan fingerprint density at radius 3 is 2.32 bits per heavy atom. The largest absolute Gasteiger partial charge is 0.493 e. The number of nitrogens with zero attached hydrogens (tertiary/aromatic N) is 2. The normalized spacial score (nSPS) is 20.6. The van der Waals surface area contributed by atoms with Gasteiger partial charge in [-0.1, -0.05) is 30.3 Å². The van der Waals surface area contributed by atoms with Gasteiger partial charge in [0.15, 0.2) is 17.3 Å². The average molecular weight is 380 g/mol. The summed E-state index contributed by atoms with van der Waals surface area (Å²) < 4.78 is 10.8. The monoisotopic (exact) mass is 380 g/mol. The first-order valence-electron chi connectivity index (χ1n) is 9.99. The van der Waals surface area contributed by atoms with Gasteiger partial charge in [0.05, 0.1) is 20.3 Å². The summed E-state index contributed by atoms with van der Waals surface area (Å²) in [6.07, 6.45) is 1.77. The number of ether oxygens (including phenoxy) is 2. The predicted octanol–water partition coefficient (Wildman–Crippen LogP) is 3.02. The number of hydrogen-bond donors (Lipinski definition) is 0. The van der Waals surface area contributed by atoms with Gasteiger partial charge in [-0.05, 0) is 36.1 Å². The molecule has 0 spiro atoms. The quantitative estimate of drug-likeness (QED) is 0.798. The number of hydrogen-bond acceptors (Lipinski definition) is 5. The van der Waals surface area contributed by atoms with Gasteiger partial charge in [-0.15, -0.1) is 0 Å². The maximum Gasteiger partial charge on any atom is 0.180 e. The van der Waals surface area contributed by atoms with Crippen LogP contribution in [-0.4, -0.2) is 62.0 Å². The molecule has 2 aromatic carbocycles. The third-order valence-corrected chi connectivity index (χ3v) is 5.96. The number of ketones is 1. The van der Waals surface area contributed by atoms with Crippen LogP contribution in [0.15, 0.2) is 42.5 Å². The Morgan fingerprint density at radius 2 is 1.64 bits per heavy atom. The van der Waals surface area contributed by atoms with E-state index in [1.54, 1.807) is 14.2 Å². The van der Waals surface area contributed by atoms with Gasteiger partial charge in [-0.25, -0.2) is 0 Å². The standard InChI is InChI=1S/C23H28N2O3/c1-27-21-14-18-8-9-20(23(26)19(18)15-22(21)28-2)25-12-10-24(11-13-25)16-17-6-4-3-5-7-17/h3-7,14-15,20H,8-13,16H2,1-2H3. The van der Waals surface area contributed by atoms with Gasteiger partial charge < -0.3 is 9.47 Å². The van der Waals surface area contributed by atoms with Gasteiger partial charge in [0, 0.05) is 38.3 Å². The number of methoxy groups -OCH3 is 2. The molecule has 1 fully saturated rings. The average Bonchev–Trinajstić information content (AvgIpc) is 2.74. The molecule has 0 radical (unpaired) electrons. The summed E-state index contributed by atoms with van der Waals surface area (Å²) in [5.41, 5.74) is 3.21.